The van der Waals surface area contributed by atoms with Gasteiger partial charge in [-0.25, -0.2) is 0 Å². The number of fused-ring (bicyclic) bond motifs is 1. The summed E-state index contributed by atoms with van der Waals surface area (Å²) in [7, 11) is -3.86. The molecule has 3 rings (SSSR count). The molecule has 0 saturated heterocycles. The third-order valence-corrected chi connectivity index (χ3v) is 22.4. The van der Waals surface area contributed by atoms with Crippen molar-refractivity contribution in [3.63, 3.8) is 0 Å². The van der Waals surface area contributed by atoms with Gasteiger partial charge in [0, 0.05) is 6.42 Å². The third-order valence-electron chi connectivity index (χ3n) is 13.4. The molecular weight excluding hydrogens is 573 g/mol. The van der Waals surface area contributed by atoms with Crippen LogP contribution in [0.1, 0.15) is 140 Å². The van der Waals surface area contributed by atoms with Crippen LogP contribution in [0.15, 0.2) is 23.8 Å². The van der Waals surface area contributed by atoms with Crippen molar-refractivity contribution >= 4 is 16.6 Å². The standard InChI is InChI=1S/C39H74O3Si2/c1-28(18-16-24-38(9,10)40)33-22-23-34-30(19-17-25-39(33,34)11)20-21-31-26-32(41-43(12,13)36(3,4)5)27-35(29(31)2)42-44(14,15)37(6,7)8/h21,28,30,32-35,40H,2,16-20,22-27H2,1,3-15H3/b31-21-/t28-,30+,32-,33-,34+,35+,39-/m1/s1. The van der Waals surface area contributed by atoms with Crippen LogP contribution in [-0.2, 0) is 8.85 Å². The summed E-state index contributed by atoms with van der Waals surface area (Å²) in [4.78, 5) is 0. The van der Waals surface area contributed by atoms with E-state index in [1.54, 1.807) is 0 Å². The molecule has 5 heteroatoms. The maximum atomic E-state index is 10.2. The van der Waals surface area contributed by atoms with Crippen LogP contribution < -0.4 is 0 Å². The van der Waals surface area contributed by atoms with E-state index < -0.39 is 22.2 Å². The minimum atomic E-state index is -1.96. The number of aliphatic hydroxyl groups is 1. The Morgan fingerprint density at radius 1 is 0.955 bits per heavy atom. The molecule has 0 aromatic carbocycles. The fourth-order valence-corrected chi connectivity index (χ4v) is 11.2. The normalized spacial score (nSPS) is 32.7. The highest BCUT2D eigenvalue weighted by molar-refractivity contribution is 6.74. The molecule has 256 valence electrons. The second kappa shape index (κ2) is 13.7. The Hall–Kier alpha value is -0.206. The molecule has 0 amide bonds. The largest absolute Gasteiger partial charge is 0.413 e. The first kappa shape index (κ1) is 38.2. The van der Waals surface area contributed by atoms with Crippen molar-refractivity contribution in [2.75, 3.05) is 0 Å². The van der Waals surface area contributed by atoms with Gasteiger partial charge in [0.15, 0.2) is 16.6 Å². The maximum Gasteiger partial charge on any atom is 0.192 e. The number of allylic oxidation sites excluding steroid dienone is 1. The highest BCUT2D eigenvalue weighted by Crippen LogP contribution is 2.61. The van der Waals surface area contributed by atoms with Crippen molar-refractivity contribution in [3.05, 3.63) is 23.8 Å². The van der Waals surface area contributed by atoms with Gasteiger partial charge in [0.2, 0.25) is 0 Å². The van der Waals surface area contributed by atoms with Gasteiger partial charge in [-0.1, -0.05) is 87.3 Å². The summed E-state index contributed by atoms with van der Waals surface area (Å²) in [5, 5.41) is 10.6. The van der Waals surface area contributed by atoms with Gasteiger partial charge >= 0.3 is 0 Å². The van der Waals surface area contributed by atoms with Gasteiger partial charge in [0.25, 0.3) is 0 Å². The molecule has 7 atom stereocenters. The van der Waals surface area contributed by atoms with E-state index in [4.69, 9.17) is 15.4 Å². The summed E-state index contributed by atoms with van der Waals surface area (Å²) in [5.74, 6) is 3.15. The lowest BCUT2D eigenvalue weighted by molar-refractivity contribution is 0.0259. The van der Waals surface area contributed by atoms with Crippen molar-refractivity contribution in [1.29, 1.82) is 0 Å². The lowest BCUT2D eigenvalue weighted by atomic mass is 9.58. The summed E-state index contributed by atoms with van der Waals surface area (Å²) in [6, 6.07) is 0. The minimum absolute atomic E-state index is 0.0582. The van der Waals surface area contributed by atoms with Crippen LogP contribution in [0, 0.1) is 29.1 Å². The van der Waals surface area contributed by atoms with Gasteiger partial charge in [0.1, 0.15) is 0 Å². The van der Waals surface area contributed by atoms with E-state index in [9.17, 15) is 5.11 Å². The molecular formula is C39H74O3Si2. The monoisotopic (exact) mass is 647 g/mol. The Kier molecular flexibility index (Phi) is 11.9. The summed E-state index contributed by atoms with van der Waals surface area (Å²) >= 11 is 0. The van der Waals surface area contributed by atoms with Crippen LogP contribution in [0.4, 0.5) is 0 Å². The Bertz CT molecular complexity index is 1010. The molecule has 0 radical (unpaired) electrons. The van der Waals surface area contributed by atoms with E-state index in [-0.39, 0.29) is 22.3 Å². The van der Waals surface area contributed by atoms with Crippen LogP contribution >= 0.6 is 0 Å². The SMILES string of the molecule is C=C1/C(=C\C[C@@H]2CCC[C@]3(C)[C@@H]([C@H](C)CCCC(C)(C)O)CC[C@@H]23)C[C@@H](O[Si](C)(C)C(C)(C)C)C[C@@H]1O[Si](C)(C)C(C)(C)C. The first-order valence-electron chi connectivity index (χ1n) is 18.3. The smallest absolute Gasteiger partial charge is 0.192 e. The predicted molar refractivity (Wildman–Crippen MR) is 196 cm³/mol. The highest BCUT2D eigenvalue weighted by atomic mass is 28.4. The van der Waals surface area contributed by atoms with E-state index in [2.05, 4.69) is 87.7 Å². The van der Waals surface area contributed by atoms with Crippen LogP contribution in [-0.4, -0.2) is 39.6 Å². The summed E-state index contributed by atoms with van der Waals surface area (Å²) < 4.78 is 14.2. The van der Waals surface area contributed by atoms with Crippen molar-refractivity contribution in [1.82, 2.24) is 0 Å². The molecule has 0 aromatic heterocycles. The number of hydrogen-bond acceptors (Lipinski definition) is 3. The molecule has 3 saturated carbocycles. The first-order valence-corrected chi connectivity index (χ1v) is 24.2. The van der Waals surface area contributed by atoms with Crippen LogP contribution in [0.25, 0.3) is 0 Å². The fraction of sp³-hybridized carbons (Fsp3) is 0.897. The first-order chi connectivity index (χ1) is 19.9. The molecule has 0 unspecified atom stereocenters. The lowest BCUT2D eigenvalue weighted by Crippen LogP contribution is -2.49. The Labute approximate surface area is 276 Å². The van der Waals surface area contributed by atoms with Crippen molar-refractivity contribution in [3.8, 4) is 0 Å². The average Bonchev–Trinajstić information content (AvgIpc) is 3.20. The van der Waals surface area contributed by atoms with Gasteiger partial charge < -0.3 is 14.0 Å². The molecule has 0 aromatic rings. The Morgan fingerprint density at radius 3 is 2.11 bits per heavy atom. The molecule has 0 aliphatic heterocycles. The molecule has 3 fully saturated rings. The molecule has 0 bridgehead atoms. The molecule has 3 aliphatic carbocycles. The maximum absolute atomic E-state index is 10.2. The van der Waals surface area contributed by atoms with E-state index in [0.29, 0.717) is 5.41 Å². The van der Waals surface area contributed by atoms with E-state index in [1.165, 1.54) is 56.1 Å². The Balaban J connectivity index is 1.79. The summed E-state index contributed by atoms with van der Waals surface area (Å²) in [5.41, 5.74) is 2.57. The van der Waals surface area contributed by atoms with E-state index >= 15 is 0 Å². The average molecular weight is 647 g/mol. The summed E-state index contributed by atoms with van der Waals surface area (Å²) in [6.07, 6.45) is 16.1. The third kappa shape index (κ3) is 9.02. The second-order valence-corrected chi connectivity index (χ2v) is 28.9. The molecule has 3 nitrogen and oxygen atoms in total. The quantitative estimate of drug-likeness (QED) is 0.227. The van der Waals surface area contributed by atoms with Gasteiger partial charge in [-0.2, -0.15) is 0 Å². The molecule has 3 aliphatic rings. The highest BCUT2D eigenvalue weighted by Gasteiger charge is 2.52. The second-order valence-electron chi connectivity index (χ2n) is 19.4. The zero-order valence-electron chi connectivity index (χ0n) is 31.8. The Morgan fingerprint density at radius 2 is 1.55 bits per heavy atom. The molecule has 0 heterocycles. The van der Waals surface area contributed by atoms with Crippen molar-refractivity contribution < 1.29 is 14.0 Å². The molecule has 0 spiro atoms. The topological polar surface area (TPSA) is 38.7 Å². The van der Waals surface area contributed by atoms with Gasteiger partial charge in [-0.05, 0) is 135 Å². The molecule has 44 heavy (non-hydrogen) atoms. The van der Waals surface area contributed by atoms with Crippen LogP contribution in [0.2, 0.25) is 36.3 Å². The minimum Gasteiger partial charge on any atom is -0.413 e. The number of rotatable bonds is 11. The lowest BCUT2D eigenvalue weighted by Gasteiger charge is -2.47. The molecule has 1 N–H and O–H groups in total. The zero-order valence-corrected chi connectivity index (χ0v) is 33.8. The van der Waals surface area contributed by atoms with E-state index in [1.807, 2.05) is 13.8 Å². The fourth-order valence-electron chi connectivity index (χ4n) is 8.55. The van der Waals surface area contributed by atoms with E-state index in [0.717, 1.165) is 49.4 Å². The van der Waals surface area contributed by atoms with Gasteiger partial charge in [-0.3, -0.25) is 0 Å². The van der Waals surface area contributed by atoms with Crippen LogP contribution in [0.5, 0.6) is 0 Å². The van der Waals surface area contributed by atoms with Gasteiger partial charge in [-0.15, -0.1) is 0 Å². The zero-order chi connectivity index (χ0) is 33.5. The predicted octanol–water partition coefficient (Wildman–Crippen LogP) is 11.8. The van der Waals surface area contributed by atoms with Crippen molar-refractivity contribution in [2.24, 2.45) is 29.1 Å². The van der Waals surface area contributed by atoms with Crippen LogP contribution in [0.3, 0.4) is 0 Å². The summed E-state index contributed by atoms with van der Waals surface area (Å²) in [6.45, 7) is 37.4. The number of hydrogen-bond donors (Lipinski definition) is 1. The van der Waals surface area contributed by atoms with Crippen molar-refractivity contribution in [2.45, 2.75) is 194 Å². The van der Waals surface area contributed by atoms with Gasteiger partial charge in [0.05, 0.1) is 17.8 Å².